The fraction of sp³-hybridized carbons (Fsp3) is 0.818. The molecule has 0 saturated heterocycles. The summed E-state index contributed by atoms with van der Waals surface area (Å²) in [5.41, 5.74) is -0.240. The van der Waals surface area contributed by atoms with E-state index in [1.165, 1.54) is 0 Å². The van der Waals surface area contributed by atoms with Crippen molar-refractivity contribution in [3.05, 3.63) is 0 Å². The van der Waals surface area contributed by atoms with E-state index in [1.807, 2.05) is 6.92 Å². The monoisotopic (exact) mass is 246 g/mol. The fourth-order valence-electron chi connectivity index (χ4n) is 1.59. The number of carboxylic acid groups (broad SMARTS) is 1. The average Bonchev–Trinajstić information content (AvgIpc) is 2.26. The van der Waals surface area contributed by atoms with Crippen molar-refractivity contribution in [3.8, 4) is 0 Å². The first kappa shape index (κ1) is 15.3. The summed E-state index contributed by atoms with van der Waals surface area (Å²) < 4.78 is 5.22. The van der Waals surface area contributed by atoms with Crippen molar-refractivity contribution >= 4 is 21.3 Å². The summed E-state index contributed by atoms with van der Waals surface area (Å²) in [6.45, 7) is 4.63. The smallest absolute Gasteiger partial charge is 0.372 e. The molecule has 5 heteroatoms. The third kappa shape index (κ3) is 6.74. The maximum absolute atomic E-state index is 11.4. The summed E-state index contributed by atoms with van der Waals surface area (Å²) >= 11 is 0. The Balaban J connectivity index is 4.05. The van der Waals surface area contributed by atoms with Crippen molar-refractivity contribution in [2.24, 2.45) is 0 Å². The molecular formula is C11H22O4Si. The molecule has 0 aliphatic carbocycles. The largest absolute Gasteiger partial charge is 0.476 e. The Kier molecular flexibility index (Phi) is 9.13. The Labute approximate surface area is 99.2 Å². The molecule has 0 spiro atoms. The minimum atomic E-state index is -1.29. The lowest BCUT2D eigenvalue weighted by atomic mass is 10.1. The third-order valence-electron chi connectivity index (χ3n) is 2.55. The van der Waals surface area contributed by atoms with Gasteiger partial charge in [0.2, 0.25) is 5.78 Å². The van der Waals surface area contributed by atoms with Gasteiger partial charge in [0.05, 0.1) is 9.52 Å². The average molecular weight is 246 g/mol. The summed E-state index contributed by atoms with van der Waals surface area (Å²) in [6, 6.07) is 0. The van der Waals surface area contributed by atoms with Crippen molar-refractivity contribution in [2.45, 2.75) is 45.1 Å². The number of hydrogen-bond donors (Lipinski definition) is 1. The number of ether oxygens (including phenoxy) is 1. The summed E-state index contributed by atoms with van der Waals surface area (Å²) in [7, 11) is -0.757. The van der Waals surface area contributed by atoms with Crippen LogP contribution < -0.4 is 0 Å². The van der Waals surface area contributed by atoms with Gasteiger partial charge in [0.15, 0.2) is 0 Å². The highest BCUT2D eigenvalue weighted by molar-refractivity contribution is 6.53. The Morgan fingerprint density at radius 3 is 2.50 bits per heavy atom. The Hall–Kier alpha value is -0.683. The normalized spacial score (nSPS) is 13.1. The van der Waals surface area contributed by atoms with Crippen LogP contribution in [0.25, 0.3) is 0 Å². The maximum Gasteiger partial charge on any atom is 0.372 e. The highest BCUT2D eigenvalue weighted by atomic mass is 28.2. The van der Waals surface area contributed by atoms with Crippen LogP contribution in [0.15, 0.2) is 0 Å². The predicted molar refractivity (Wildman–Crippen MR) is 65.6 cm³/mol. The Morgan fingerprint density at radius 1 is 1.31 bits per heavy atom. The lowest BCUT2D eigenvalue weighted by Crippen LogP contribution is -2.25. The van der Waals surface area contributed by atoms with E-state index < -0.39 is 21.3 Å². The molecule has 0 aromatic heterocycles. The second-order valence-electron chi connectivity index (χ2n) is 3.85. The molecule has 0 aromatic rings. The fourth-order valence-corrected chi connectivity index (χ4v) is 3.35. The van der Waals surface area contributed by atoms with Gasteiger partial charge in [-0.3, -0.25) is 4.79 Å². The number of carboxylic acids is 1. The maximum atomic E-state index is 11.4. The van der Waals surface area contributed by atoms with Crippen molar-refractivity contribution in [3.63, 3.8) is 0 Å². The molecule has 0 aromatic carbocycles. The van der Waals surface area contributed by atoms with Gasteiger partial charge in [0.1, 0.15) is 0 Å². The molecule has 4 nitrogen and oxygen atoms in total. The van der Waals surface area contributed by atoms with E-state index in [4.69, 9.17) is 9.84 Å². The summed E-state index contributed by atoms with van der Waals surface area (Å²) in [6.07, 6.45) is 4.41. The molecule has 1 atom stereocenters. The molecule has 0 aliphatic rings. The zero-order valence-electron chi connectivity index (χ0n) is 10.2. The molecule has 94 valence electrons. The minimum Gasteiger partial charge on any atom is -0.476 e. The molecule has 0 amide bonds. The third-order valence-corrected chi connectivity index (χ3v) is 4.55. The number of aliphatic carboxylic acids is 1. The van der Waals surface area contributed by atoms with Crippen molar-refractivity contribution in [2.75, 3.05) is 12.8 Å². The molecule has 16 heavy (non-hydrogen) atoms. The van der Waals surface area contributed by atoms with E-state index in [0.717, 1.165) is 25.7 Å². The first-order valence-electron chi connectivity index (χ1n) is 5.98. The molecule has 1 unspecified atom stereocenters. The molecule has 0 saturated carbocycles. The van der Waals surface area contributed by atoms with Crippen molar-refractivity contribution in [1.29, 1.82) is 0 Å². The van der Waals surface area contributed by atoms with Crippen LogP contribution in [-0.2, 0) is 14.3 Å². The zero-order chi connectivity index (χ0) is 12.4. The molecule has 0 fully saturated rings. The van der Waals surface area contributed by atoms with Gasteiger partial charge in [0, 0.05) is 18.4 Å². The lowest BCUT2D eigenvalue weighted by molar-refractivity contribution is -0.149. The zero-order valence-corrected chi connectivity index (χ0v) is 11.6. The number of carbonyl (C=O) groups excluding carboxylic acids is 1. The SMILES string of the molecule is CCCCCC([SiH2]COCC)C(=O)C(=O)O. The van der Waals surface area contributed by atoms with Gasteiger partial charge in [-0.25, -0.2) is 4.79 Å². The van der Waals surface area contributed by atoms with E-state index in [9.17, 15) is 9.59 Å². The molecule has 0 radical (unpaired) electrons. The first-order chi connectivity index (χ1) is 7.63. The van der Waals surface area contributed by atoms with Crippen molar-refractivity contribution < 1.29 is 19.4 Å². The summed E-state index contributed by atoms with van der Waals surface area (Å²) in [5, 5.41) is 8.70. The van der Waals surface area contributed by atoms with Crippen LogP contribution in [0.2, 0.25) is 5.54 Å². The second kappa shape index (κ2) is 9.54. The van der Waals surface area contributed by atoms with E-state index in [0.29, 0.717) is 12.8 Å². The number of carbonyl (C=O) groups is 2. The molecule has 0 rings (SSSR count). The minimum absolute atomic E-state index is 0.240. The summed E-state index contributed by atoms with van der Waals surface area (Å²) in [4.78, 5) is 22.0. The van der Waals surface area contributed by atoms with Crippen LogP contribution in [0.3, 0.4) is 0 Å². The predicted octanol–water partition coefficient (Wildman–Crippen LogP) is 1.17. The van der Waals surface area contributed by atoms with E-state index >= 15 is 0 Å². The molecule has 0 heterocycles. The van der Waals surface area contributed by atoms with Crippen LogP contribution in [0.5, 0.6) is 0 Å². The summed E-state index contributed by atoms with van der Waals surface area (Å²) in [5.74, 6) is -1.90. The lowest BCUT2D eigenvalue weighted by Gasteiger charge is -2.12. The van der Waals surface area contributed by atoms with Gasteiger partial charge in [-0.15, -0.1) is 0 Å². The van der Waals surface area contributed by atoms with Crippen LogP contribution in [0.1, 0.15) is 39.5 Å². The molecule has 0 aliphatic heterocycles. The van der Waals surface area contributed by atoms with E-state index in [2.05, 4.69) is 6.92 Å². The molecular weight excluding hydrogens is 224 g/mol. The quantitative estimate of drug-likeness (QED) is 0.357. The number of ketones is 1. The van der Waals surface area contributed by atoms with E-state index in [1.54, 1.807) is 0 Å². The van der Waals surface area contributed by atoms with Gasteiger partial charge >= 0.3 is 5.97 Å². The highest BCUT2D eigenvalue weighted by Gasteiger charge is 2.24. The van der Waals surface area contributed by atoms with Gasteiger partial charge in [-0.1, -0.05) is 26.2 Å². The Bertz CT molecular complexity index is 208. The molecule has 1 N–H and O–H groups in total. The van der Waals surface area contributed by atoms with Crippen LogP contribution >= 0.6 is 0 Å². The van der Waals surface area contributed by atoms with Gasteiger partial charge in [-0.2, -0.15) is 0 Å². The first-order valence-corrected chi connectivity index (χ1v) is 7.80. The molecule has 0 bridgehead atoms. The number of rotatable bonds is 10. The number of hydrogen-bond acceptors (Lipinski definition) is 3. The standard InChI is InChI=1S/C11H22O4Si/c1-3-5-6-7-9(10(12)11(13)14)16-8-15-4-2/h9H,3-8,16H2,1-2H3,(H,13,14). The van der Waals surface area contributed by atoms with Gasteiger partial charge < -0.3 is 9.84 Å². The van der Waals surface area contributed by atoms with Gasteiger partial charge in [0.25, 0.3) is 0 Å². The van der Waals surface area contributed by atoms with Crippen LogP contribution in [-0.4, -0.2) is 39.2 Å². The van der Waals surface area contributed by atoms with Crippen LogP contribution in [0.4, 0.5) is 0 Å². The topological polar surface area (TPSA) is 63.6 Å². The second-order valence-corrected chi connectivity index (χ2v) is 5.82. The van der Waals surface area contributed by atoms with Crippen LogP contribution in [0, 0.1) is 0 Å². The Morgan fingerprint density at radius 2 is 2.00 bits per heavy atom. The number of Topliss-reactive ketones (excluding diaryl/α,β-unsaturated/α-hetero) is 1. The highest BCUT2D eigenvalue weighted by Crippen LogP contribution is 2.16. The van der Waals surface area contributed by atoms with Gasteiger partial charge in [-0.05, 0) is 13.3 Å². The number of unbranched alkanes of at least 4 members (excludes halogenated alkanes) is 2. The van der Waals surface area contributed by atoms with E-state index in [-0.39, 0.29) is 5.54 Å². The van der Waals surface area contributed by atoms with Crippen molar-refractivity contribution in [1.82, 2.24) is 0 Å².